The van der Waals surface area contributed by atoms with Crippen LogP contribution in [0.15, 0.2) is 83.5 Å². The van der Waals surface area contributed by atoms with Crippen molar-refractivity contribution in [2.24, 2.45) is 0 Å². The maximum atomic E-state index is 13.4. The zero-order chi connectivity index (χ0) is 28.4. The third kappa shape index (κ3) is 6.16. The Morgan fingerprint density at radius 1 is 0.975 bits per heavy atom. The van der Waals surface area contributed by atoms with Gasteiger partial charge in [-0.05, 0) is 57.9 Å². The van der Waals surface area contributed by atoms with Crippen LogP contribution in [0, 0.1) is 0 Å². The maximum Gasteiger partial charge on any atom is 0.418 e. The standard InChI is InChI=1S/C27H18BrCl2F3N6O/c28-20-14-35-39-24(12-23(37-25(20)39)18-6-1-2-7-21(18)30)34-13-15-4-3-5-17(10-15)36-26(40)38-22-9-8-16(29)11-19(22)27(31,32)33/h1-12,14,34H,13H2,(H2,36,38,40). The van der Waals surface area contributed by atoms with Crippen LogP contribution < -0.4 is 16.0 Å². The number of alkyl halides is 3. The first-order chi connectivity index (χ1) is 19.1. The molecule has 0 aliphatic heterocycles. The van der Waals surface area contributed by atoms with E-state index < -0.39 is 23.5 Å². The van der Waals surface area contributed by atoms with Gasteiger partial charge in [-0.3, -0.25) is 0 Å². The summed E-state index contributed by atoms with van der Waals surface area (Å²) in [6.45, 7) is 0.338. The number of nitrogens with zero attached hydrogens (tertiary/aromatic N) is 3. The number of aromatic nitrogens is 3. The first-order valence-corrected chi connectivity index (χ1v) is 13.2. The quantitative estimate of drug-likeness (QED) is 0.172. The number of fused-ring (bicyclic) bond motifs is 1. The van der Waals surface area contributed by atoms with Gasteiger partial charge in [-0.25, -0.2) is 9.78 Å². The summed E-state index contributed by atoms with van der Waals surface area (Å²) in [5, 5.41) is 13.0. The minimum absolute atomic E-state index is 0.0913. The molecular formula is C27H18BrCl2F3N6O. The third-order valence-electron chi connectivity index (χ3n) is 5.77. The van der Waals surface area contributed by atoms with E-state index in [0.29, 0.717) is 38.9 Å². The maximum absolute atomic E-state index is 13.4. The van der Waals surface area contributed by atoms with E-state index in [9.17, 15) is 18.0 Å². The molecule has 2 amide bonds. The Morgan fingerprint density at radius 2 is 1.77 bits per heavy atom. The molecule has 0 saturated heterocycles. The number of urea groups is 1. The molecule has 5 rings (SSSR count). The highest BCUT2D eigenvalue weighted by Crippen LogP contribution is 2.36. The summed E-state index contributed by atoms with van der Waals surface area (Å²) < 4.78 is 42.4. The fraction of sp³-hybridized carbons (Fsp3) is 0.0741. The molecule has 2 heterocycles. The number of amides is 2. The van der Waals surface area contributed by atoms with Crippen molar-refractivity contribution < 1.29 is 18.0 Å². The summed E-state index contributed by atoms with van der Waals surface area (Å²) in [7, 11) is 0. The highest BCUT2D eigenvalue weighted by atomic mass is 79.9. The highest BCUT2D eigenvalue weighted by molar-refractivity contribution is 9.10. The number of carbonyl (C=O) groups is 1. The molecular weight excluding hydrogens is 632 g/mol. The molecule has 3 N–H and O–H groups in total. The molecule has 0 unspecified atom stereocenters. The number of halogens is 6. The third-order valence-corrected chi connectivity index (χ3v) is 6.90. The number of hydrogen-bond donors (Lipinski definition) is 3. The number of carbonyl (C=O) groups excluding carboxylic acids is 1. The Balaban J connectivity index is 1.33. The van der Waals surface area contributed by atoms with Gasteiger partial charge in [-0.15, -0.1) is 0 Å². The van der Waals surface area contributed by atoms with E-state index in [4.69, 9.17) is 23.2 Å². The predicted octanol–water partition coefficient (Wildman–Crippen LogP) is 8.74. The van der Waals surface area contributed by atoms with Crippen molar-refractivity contribution in [1.29, 1.82) is 0 Å². The van der Waals surface area contributed by atoms with E-state index in [2.05, 4.69) is 42.0 Å². The number of rotatable bonds is 6. The molecule has 0 spiro atoms. The lowest BCUT2D eigenvalue weighted by Gasteiger charge is -2.15. The Kier molecular flexibility index (Phi) is 7.88. The van der Waals surface area contributed by atoms with Crippen molar-refractivity contribution in [3.63, 3.8) is 0 Å². The Hall–Kier alpha value is -3.80. The molecule has 5 aromatic rings. The molecule has 7 nitrogen and oxygen atoms in total. The zero-order valence-corrected chi connectivity index (χ0v) is 23.3. The van der Waals surface area contributed by atoms with Crippen LogP contribution in [0.2, 0.25) is 10.0 Å². The normalized spacial score (nSPS) is 11.4. The van der Waals surface area contributed by atoms with Gasteiger partial charge in [0, 0.05) is 33.9 Å². The second-order valence-electron chi connectivity index (χ2n) is 8.56. The number of nitrogens with one attached hydrogen (secondary N) is 3. The minimum Gasteiger partial charge on any atom is -0.366 e. The topological polar surface area (TPSA) is 83.3 Å². The largest absolute Gasteiger partial charge is 0.418 e. The molecule has 40 heavy (non-hydrogen) atoms. The van der Waals surface area contributed by atoms with Crippen molar-refractivity contribution in [3.05, 3.63) is 105 Å². The van der Waals surface area contributed by atoms with Crippen LogP contribution in [0.4, 0.5) is 35.2 Å². The summed E-state index contributed by atoms with van der Waals surface area (Å²) >= 11 is 15.6. The van der Waals surface area contributed by atoms with Crippen molar-refractivity contribution in [1.82, 2.24) is 14.6 Å². The number of anilines is 3. The summed E-state index contributed by atoms with van der Waals surface area (Å²) in [5.41, 5.74) is 1.72. The number of hydrogen-bond acceptors (Lipinski definition) is 4. The fourth-order valence-electron chi connectivity index (χ4n) is 3.97. The van der Waals surface area contributed by atoms with Gasteiger partial charge in [0.15, 0.2) is 5.65 Å². The molecule has 0 atom stereocenters. The van der Waals surface area contributed by atoms with E-state index in [-0.39, 0.29) is 5.02 Å². The van der Waals surface area contributed by atoms with E-state index >= 15 is 0 Å². The van der Waals surface area contributed by atoms with Gasteiger partial charge in [0.2, 0.25) is 0 Å². The van der Waals surface area contributed by atoms with E-state index in [1.54, 1.807) is 35.0 Å². The van der Waals surface area contributed by atoms with Crippen LogP contribution in [0.1, 0.15) is 11.1 Å². The molecule has 0 aliphatic rings. The van der Waals surface area contributed by atoms with E-state index in [1.807, 2.05) is 30.3 Å². The van der Waals surface area contributed by atoms with Gasteiger partial charge in [0.25, 0.3) is 0 Å². The molecule has 0 saturated carbocycles. The molecule has 0 aliphatic carbocycles. The highest BCUT2D eigenvalue weighted by Gasteiger charge is 2.34. The van der Waals surface area contributed by atoms with Gasteiger partial charge >= 0.3 is 12.2 Å². The van der Waals surface area contributed by atoms with Crippen molar-refractivity contribution in [2.45, 2.75) is 12.7 Å². The molecule has 0 radical (unpaired) electrons. The van der Waals surface area contributed by atoms with Gasteiger partial charge in [-0.2, -0.15) is 22.8 Å². The number of benzene rings is 3. The van der Waals surface area contributed by atoms with Gasteiger partial charge in [-0.1, -0.05) is 53.5 Å². The molecule has 0 fully saturated rings. The lowest BCUT2D eigenvalue weighted by atomic mass is 10.1. The van der Waals surface area contributed by atoms with Gasteiger partial charge in [0.1, 0.15) is 5.82 Å². The Bertz CT molecular complexity index is 1730. The second kappa shape index (κ2) is 11.4. The lowest BCUT2D eigenvalue weighted by molar-refractivity contribution is -0.136. The summed E-state index contributed by atoms with van der Waals surface area (Å²) in [4.78, 5) is 17.2. The van der Waals surface area contributed by atoms with Crippen LogP contribution in [0.3, 0.4) is 0 Å². The molecule has 2 aromatic heterocycles. The van der Waals surface area contributed by atoms with Crippen LogP contribution >= 0.6 is 39.1 Å². The predicted molar refractivity (Wildman–Crippen MR) is 154 cm³/mol. The molecule has 13 heteroatoms. The monoisotopic (exact) mass is 648 g/mol. The van der Waals surface area contributed by atoms with Crippen molar-refractivity contribution in [3.8, 4) is 11.3 Å². The van der Waals surface area contributed by atoms with Crippen LogP contribution in [-0.2, 0) is 12.7 Å². The van der Waals surface area contributed by atoms with E-state index in [0.717, 1.165) is 23.3 Å². The zero-order valence-electron chi connectivity index (χ0n) is 20.2. The SMILES string of the molecule is O=C(Nc1cccc(CNc2cc(-c3ccccc3Cl)nc3c(Br)cnn23)c1)Nc1ccc(Cl)cc1C(F)(F)F. The summed E-state index contributed by atoms with van der Waals surface area (Å²) in [5.74, 6) is 0.643. The summed E-state index contributed by atoms with van der Waals surface area (Å²) in [6, 6.07) is 18.4. The molecule has 0 bridgehead atoms. The fourth-order valence-corrected chi connectivity index (χ4v) is 4.72. The van der Waals surface area contributed by atoms with Crippen LogP contribution in [0.25, 0.3) is 16.9 Å². The van der Waals surface area contributed by atoms with Gasteiger partial charge in [0.05, 0.1) is 27.6 Å². The minimum atomic E-state index is -4.69. The lowest BCUT2D eigenvalue weighted by Crippen LogP contribution is -2.22. The second-order valence-corrected chi connectivity index (χ2v) is 10.3. The van der Waals surface area contributed by atoms with Crippen molar-refractivity contribution in [2.75, 3.05) is 16.0 Å². The van der Waals surface area contributed by atoms with Crippen LogP contribution in [-0.4, -0.2) is 20.6 Å². The van der Waals surface area contributed by atoms with Crippen molar-refractivity contribution >= 4 is 68.0 Å². The van der Waals surface area contributed by atoms with Crippen LogP contribution in [0.5, 0.6) is 0 Å². The van der Waals surface area contributed by atoms with E-state index in [1.165, 1.54) is 6.07 Å². The average molecular weight is 650 g/mol. The molecule has 204 valence electrons. The molecule has 3 aromatic carbocycles. The first kappa shape index (κ1) is 27.8. The van der Waals surface area contributed by atoms with Gasteiger partial charge < -0.3 is 16.0 Å². The Morgan fingerprint density at radius 3 is 2.55 bits per heavy atom. The average Bonchev–Trinajstić information content (AvgIpc) is 3.29. The summed E-state index contributed by atoms with van der Waals surface area (Å²) in [6.07, 6.45) is -3.05. The first-order valence-electron chi connectivity index (χ1n) is 11.7. The smallest absolute Gasteiger partial charge is 0.366 e. The Labute approximate surface area is 244 Å².